The Bertz CT molecular complexity index is 1210. The number of sulfonamides is 1. The highest BCUT2D eigenvalue weighted by atomic mass is 32.2. The van der Waals surface area contributed by atoms with Crippen LogP contribution < -0.4 is 9.46 Å². The Morgan fingerprint density at radius 1 is 1.12 bits per heavy atom. The predicted octanol–water partition coefficient (Wildman–Crippen LogP) is 3.67. The van der Waals surface area contributed by atoms with E-state index in [1.807, 2.05) is 18.9 Å². The molecule has 2 heterocycles. The van der Waals surface area contributed by atoms with Crippen molar-refractivity contribution < 1.29 is 30.8 Å². The van der Waals surface area contributed by atoms with E-state index in [1.165, 1.54) is 12.1 Å². The van der Waals surface area contributed by atoms with Crippen LogP contribution in [-0.4, -0.2) is 49.5 Å². The number of ether oxygens (including phenoxy) is 1. The minimum atomic E-state index is -4.77. The van der Waals surface area contributed by atoms with Crippen LogP contribution in [-0.2, 0) is 10.0 Å². The first-order chi connectivity index (χ1) is 15.5. The average molecular weight is 482 g/mol. The standard InChI is InChI=1S/C21H21F3N4O4S/c1-13-3-9-17(10-4-13)33(29,30)27-15-11-18(28(2)12-15)20-25-19(26-32-20)14-5-7-16(8-6-14)31-21(22,23)24/h3-10,15,18,27H,11-12H2,1-2H3. The average Bonchev–Trinajstić information content (AvgIpc) is 3.34. The minimum Gasteiger partial charge on any atom is -0.406 e. The summed E-state index contributed by atoms with van der Waals surface area (Å²) in [5.74, 6) is 0.148. The minimum absolute atomic E-state index is 0.192. The fourth-order valence-corrected chi connectivity index (χ4v) is 4.91. The summed E-state index contributed by atoms with van der Waals surface area (Å²) in [5.41, 5.74) is 1.42. The summed E-state index contributed by atoms with van der Waals surface area (Å²) < 4.78 is 74.3. The summed E-state index contributed by atoms with van der Waals surface area (Å²) in [4.78, 5) is 6.45. The van der Waals surface area contributed by atoms with E-state index in [0.29, 0.717) is 24.4 Å². The van der Waals surface area contributed by atoms with Crippen LogP contribution in [0.15, 0.2) is 57.9 Å². The van der Waals surface area contributed by atoms with Crippen molar-refractivity contribution in [3.8, 4) is 17.1 Å². The third-order valence-corrected chi connectivity index (χ3v) is 6.81. The molecule has 12 heteroatoms. The van der Waals surface area contributed by atoms with E-state index in [2.05, 4.69) is 19.6 Å². The summed E-state index contributed by atoms with van der Waals surface area (Å²) in [6, 6.07) is 11.0. The number of benzene rings is 2. The fourth-order valence-electron chi connectivity index (χ4n) is 3.67. The second-order valence-electron chi connectivity index (χ2n) is 7.85. The van der Waals surface area contributed by atoms with E-state index in [4.69, 9.17) is 4.52 Å². The maximum absolute atomic E-state index is 12.7. The van der Waals surface area contributed by atoms with Crippen LogP contribution >= 0.6 is 0 Å². The van der Waals surface area contributed by atoms with Gasteiger partial charge in [-0.3, -0.25) is 4.90 Å². The highest BCUT2D eigenvalue weighted by Gasteiger charge is 2.36. The lowest BCUT2D eigenvalue weighted by Crippen LogP contribution is -2.36. The van der Waals surface area contributed by atoms with Gasteiger partial charge in [0.25, 0.3) is 0 Å². The third kappa shape index (κ3) is 5.52. The quantitative estimate of drug-likeness (QED) is 0.573. The summed E-state index contributed by atoms with van der Waals surface area (Å²) >= 11 is 0. The molecule has 2 aromatic carbocycles. The second-order valence-corrected chi connectivity index (χ2v) is 9.56. The second kappa shape index (κ2) is 8.76. The number of likely N-dealkylation sites (tertiary alicyclic amines) is 1. The van der Waals surface area contributed by atoms with Crippen molar-refractivity contribution in [2.24, 2.45) is 0 Å². The van der Waals surface area contributed by atoms with Gasteiger partial charge in [0.15, 0.2) is 0 Å². The number of likely N-dealkylation sites (N-methyl/N-ethyl adjacent to an activating group) is 1. The van der Waals surface area contributed by atoms with Gasteiger partial charge in [-0.2, -0.15) is 4.98 Å². The smallest absolute Gasteiger partial charge is 0.406 e. The Hall–Kier alpha value is -2.96. The Balaban J connectivity index is 1.44. The normalized spacial score (nSPS) is 19.7. The molecule has 1 aliphatic heterocycles. The van der Waals surface area contributed by atoms with Gasteiger partial charge in [0.1, 0.15) is 5.75 Å². The summed E-state index contributed by atoms with van der Waals surface area (Å²) in [7, 11) is -1.86. The van der Waals surface area contributed by atoms with Crippen molar-refractivity contribution in [3.05, 3.63) is 60.0 Å². The molecule has 1 saturated heterocycles. The summed E-state index contributed by atoms with van der Waals surface area (Å²) in [5, 5.41) is 3.91. The lowest BCUT2D eigenvalue weighted by Gasteiger charge is -2.14. The number of alkyl halides is 3. The number of nitrogens with one attached hydrogen (secondary N) is 1. The van der Waals surface area contributed by atoms with Crippen LogP contribution in [0.5, 0.6) is 5.75 Å². The molecule has 1 fully saturated rings. The first-order valence-electron chi connectivity index (χ1n) is 9.99. The molecule has 0 amide bonds. The topological polar surface area (TPSA) is 97.6 Å². The van der Waals surface area contributed by atoms with Gasteiger partial charge in [-0.05, 0) is 56.8 Å². The highest BCUT2D eigenvalue weighted by Crippen LogP contribution is 2.32. The van der Waals surface area contributed by atoms with Gasteiger partial charge in [0.2, 0.25) is 21.7 Å². The van der Waals surface area contributed by atoms with Crippen LogP contribution in [0.3, 0.4) is 0 Å². The number of aryl methyl sites for hydroxylation is 1. The van der Waals surface area contributed by atoms with Crippen LogP contribution in [0.4, 0.5) is 13.2 Å². The fraction of sp³-hybridized carbons (Fsp3) is 0.333. The molecule has 8 nitrogen and oxygen atoms in total. The lowest BCUT2D eigenvalue weighted by atomic mass is 10.2. The van der Waals surface area contributed by atoms with Crippen LogP contribution in [0, 0.1) is 6.92 Å². The molecule has 2 atom stereocenters. The molecule has 0 bridgehead atoms. The van der Waals surface area contributed by atoms with E-state index in [-0.39, 0.29) is 28.6 Å². The number of aromatic nitrogens is 2. The number of hydrogen-bond acceptors (Lipinski definition) is 7. The van der Waals surface area contributed by atoms with Crippen molar-refractivity contribution in [3.63, 3.8) is 0 Å². The molecule has 0 radical (unpaired) electrons. The molecule has 4 rings (SSSR count). The van der Waals surface area contributed by atoms with Gasteiger partial charge in [-0.1, -0.05) is 22.9 Å². The summed E-state index contributed by atoms with van der Waals surface area (Å²) in [6.45, 7) is 2.32. The van der Waals surface area contributed by atoms with Crippen molar-refractivity contribution >= 4 is 10.0 Å². The molecule has 33 heavy (non-hydrogen) atoms. The zero-order valence-electron chi connectivity index (χ0n) is 17.7. The molecule has 3 aromatic rings. The molecule has 1 aromatic heterocycles. The Labute approximate surface area is 188 Å². The highest BCUT2D eigenvalue weighted by molar-refractivity contribution is 7.89. The molecule has 0 saturated carbocycles. The zero-order chi connectivity index (χ0) is 23.8. The third-order valence-electron chi connectivity index (χ3n) is 5.27. The van der Waals surface area contributed by atoms with E-state index < -0.39 is 16.4 Å². The first kappa shape index (κ1) is 23.2. The zero-order valence-corrected chi connectivity index (χ0v) is 18.5. The predicted molar refractivity (Wildman–Crippen MR) is 112 cm³/mol. The van der Waals surface area contributed by atoms with Gasteiger partial charge >= 0.3 is 6.36 Å². The molecule has 1 aliphatic rings. The van der Waals surface area contributed by atoms with Crippen molar-refractivity contribution in [1.82, 2.24) is 19.8 Å². The Morgan fingerprint density at radius 2 is 1.79 bits per heavy atom. The van der Waals surface area contributed by atoms with Gasteiger partial charge < -0.3 is 9.26 Å². The number of nitrogens with zero attached hydrogens (tertiary/aromatic N) is 3. The molecule has 0 aliphatic carbocycles. The lowest BCUT2D eigenvalue weighted by molar-refractivity contribution is -0.274. The monoisotopic (exact) mass is 482 g/mol. The first-order valence-corrected chi connectivity index (χ1v) is 11.5. The molecule has 176 valence electrons. The number of hydrogen-bond donors (Lipinski definition) is 1. The van der Waals surface area contributed by atoms with Gasteiger partial charge in [0, 0.05) is 18.2 Å². The van der Waals surface area contributed by atoms with Crippen LogP contribution in [0.2, 0.25) is 0 Å². The van der Waals surface area contributed by atoms with Crippen molar-refractivity contribution in [1.29, 1.82) is 0 Å². The van der Waals surface area contributed by atoms with E-state index >= 15 is 0 Å². The molecule has 1 N–H and O–H groups in total. The largest absolute Gasteiger partial charge is 0.573 e. The number of halogens is 3. The Morgan fingerprint density at radius 3 is 2.42 bits per heavy atom. The van der Waals surface area contributed by atoms with Gasteiger partial charge in [-0.15, -0.1) is 13.2 Å². The maximum atomic E-state index is 12.7. The summed E-state index contributed by atoms with van der Waals surface area (Å²) in [6.07, 6.45) is -4.35. The van der Waals surface area contributed by atoms with Gasteiger partial charge in [-0.25, -0.2) is 13.1 Å². The van der Waals surface area contributed by atoms with E-state index in [1.54, 1.807) is 24.3 Å². The van der Waals surface area contributed by atoms with E-state index in [9.17, 15) is 21.6 Å². The maximum Gasteiger partial charge on any atom is 0.573 e. The molecular formula is C21H21F3N4O4S. The van der Waals surface area contributed by atoms with E-state index in [0.717, 1.165) is 17.7 Å². The molecular weight excluding hydrogens is 461 g/mol. The Kier molecular flexibility index (Phi) is 6.16. The molecule has 2 unspecified atom stereocenters. The van der Waals surface area contributed by atoms with Crippen LogP contribution in [0.25, 0.3) is 11.4 Å². The van der Waals surface area contributed by atoms with Crippen molar-refractivity contribution in [2.75, 3.05) is 13.6 Å². The number of rotatable bonds is 6. The SMILES string of the molecule is Cc1ccc(S(=O)(=O)NC2CC(c3nc(-c4ccc(OC(F)(F)F)cc4)no3)N(C)C2)cc1. The molecule has 0 spiro atoms. The van der Waals surface area contributed by atoms with Gasteiger partial charge in [0.05, 0.1) is 10.9 Å². The van der Waals surface area contributed by atoms with Crippen molar-refractivity contribution in [2.45, 2.75) is 36.7 Å². The van der Waals surface area contributed by atoms with Crippen LogP contribution in [0.1, 0.15) is 23.9 Å².